The number of rotatable bonds is 3. The number of primary amides is 1. The standard InChI is InChI=1S/C15H20N2O2S/c16-13(18)12-10-7-4-8-11(10)20-15(12)17-14(19)9-5-2-1-3-6-9/h9H,1-8H2,(H2,16,18)(H,17,19). The second-order valence-electron chi connectivity index (χ2n) is 5.75. The van der Waals surface area contributed by atoms with Crippen molar-refractivity contribution in [2.45, 2.75) is 51.4 Å². The molecule has 2 amide bonds. The molecule has 108 valence electrons. The zero-order valence-corrected chi connectivity index (χ0v) is 12.4. The second-order valence-corrected chi connectivity index (χ2v) is 6.86. The van der Waals surface area contributed by atoms with Crippen molar-refractivity contribution in [1.82, 2.24) is 0 Å². The van der Waals surface area contributed by atoms with Gasteiger partial charge in [0.1, 0.15) is 5.00 Å². The van der Waals surface area contributed by atoms with E-state index in [9.17, 15) is 9.59 Å². The third-order valence-electron chi connectivity index (χ3n) is 4.38. The fraction of sp³-hybridized carbons (Fsp3) is 0.600. The van der Waals surface area contributed by atoms with Gasteiger partial charge in [0.2, 0.25) is 5.91 Å². The van der Waals surface area contributed by atoms with Gasteiger partial charge in [-0.3, -0.25) is 9.59 Å². The number of nitrogens with two attached hydrogens (primary N) is 1. The molecule has 0 saturated heterocycles. The van der Waals surface area contributed by atoms with Crippen LogP contribution in [0.25, 0.3) is 0 Å². The van der Waals surface area contributed by atoms with Crippen LogP contribution >= 0.6 is 11.3 Å². The molecular formula is C15H20N2O2S. The van der Waals surface area contributed by atoms with Gasteiger partial charge in [-0.2, -0.15) is 0 Å². The van der Waals surface area contributed by atoms with Gasteiger partial charge in [-0.25, -0.2) is 0 Å². The van der Waals surface area contributed by atoms with E-state index >= 15 is 0 Å². The average molecular weight is 292 g/mol. The molecular weight excluding hydrogens is 272 g/mol. The first-order chi connectivity index (χ1) is 9.66. The van der Waals surface area contributed by atoms with Crippen LogP contribution in [0, 0.1) is 5.92 Å². The van der Waals surface area contributed by atoms with E-state index in [1.807, 2.05) is 0 Å². The van der Waals surface area contributed by atoms with Gasteiger partial charge in [0, 0.05) is 10.8 Å². The molecule has 1 fully saturated rings. The largest absolute Gasteiger partial charge is 0.365 e. The van der Waals surface area contributed by atoms with E-state index in [-0.39, 0.29) is 11.8 Å². The third kappa shape index (κ3) is 2.46. The van der Waals surface area contributed by atoms with Crippen LogP contribution in [0.5, 0.6) is 0 Å². The van der Waals surface area contributed by atoms with E-state index in [4.69, 9.17) is 5.73 Å². The summed E-state index contributed by atoms with van der Waals surface area (Å²) in [5.74, 6) is -0.253. The second kappa shape index (κ2) is 5.56. The summed E-state index contributed by atoms with van der Waals surface area (Å²) in [5, 5.41) is 3.65. The fourth-order valence-corrected chi connectivity index (χ4v) is 4.63. The number of anilines is 1. The lowest BCUT2D eigenvalue weighted by atomic mass is 9.89. The SMILES string of the molecule is NC(=O)c1c(NC(=O)C2CCCCC2)sc2c1CCC2. The molecule has 4 nitrogen and oxygen atoms in total. The van der Waals surface area contributed by atoms with Crippen molar-refractivity contribution in [3.8, 4) is 0 Å². The minimum absolute atomic E-state index is 0.0622. The molecule has 2 aliphatic carbocycles. The van der Waals surface area contributed by atoms with Crippen molar-refractivity contribution in [3.63, 3.8) is 0 Å². The summed E-state index contributed by atoms with van der Waals surface area (Å²) in [6.07, 6.45) is 8.39. The summed E-state index contributed by atoms with van der Waals surface area (Å²) in [5.41, 5.74) is 7.14. The number of carbonyl (C=O) groups is 2. The van der Waals surface area contributed by atoms with Crippen molar-refractivity contribution in [2.75, 3.05) is 5.32 Å². The average Bonchev–Trinajstić information content (AvgIpc) is 2.99. The lowest BCUT2D eigenvalue weighted by molar-refractivity contribution is -0.120. The molecule has 1 saturated carbocycles. The fourth-order valence-electron chi connectivity index (χ4n) is 3.33. The highest BCUT2D eigenvalue weighted by Gasteiger charge is 2.28. The number of carbonyl (C=O) groups excluding carboxylic acids is 2. The highest BCUT2D eigenvalue weighted by molar-refractivity contribution is 7.17. The lowest BCUT2D eigenvalue weighted by Crippen LogP contribution is -2.25. The van der Waals surface area contributed by atoms with E-state index in [0.717, 1.165) is 50.5 Å². The van der Waals surface area contributed by atoms with E-state index in [2.05, 4.69) is 5.32 Å². The molecule has 0 radical (unpaired) electrons. The zero-order valence-electron chi connectivity index (χ0n) is 11.5. The molecule has 1 heterocycles. The van der Waals surface area contributed by atoms with Crippen LogP contribution in [0.15, 0.2) is 0 Å². The summed E-state index contributed by atoms with van der Waals surface area (Å²) >= 11 is 1.54. The molecule has 3 N–H and O–H groups in total. The monoisotopic (exact) mass is 292 g/mol. The molecule has 0 aromatic carbocycles. The quantitative estimate of drug-likeness (QED) is 0.899. The first-order valence-electron chi connectivity index (χ1n) is 7.42. The van der Waals surface area contributed by atoms with Gasteiger partial charge in [-0.05, 0) is 37.7 Å². The molecule has 1 aromatic heterocycles. The Hall–Kier alpha value is -1.36. The molecule has 2 aliphatic rings. The van der Waals surface area contributed by atoms with Gasteiger partial charge in [-0.1, -0.05) is 19.3 Å². The smallest absolute Gasteiger partial charge is 0.251 e. The maximum Gasteiger partial charge on any atom is 0.251 e. The summed E-state index contributed by atoms with van der Waals surface area (Å²) in [7, 11) is 0. The number of nitrogens with one attached hydrogen (secondary N) is 1. The molecule has 5 heteroatoms. The summed E-state index contributed by atoms with van der Waals surface area (Å²) in [6.45, 7) is 0. The molecule has 0 unspecified atom stereocenters. The molecule has 1 aromatic rings. The first-order valence-corrected chi connectivity index (χ1v) is 8.23. The molecule has 20 heavy (non-hydrogen) atoms. The maximum absolute atomic E-state index is 12.3. The minimum Gasteiger partial charge on any atom is -0.365 e. The van der Waals surface area contributed by atoms with Gasteiger partial charge in [0.05, 0.1) is 5.56 Å². The molecule has 0 atom stereocenters. The van der Waals surface area contributed by atoms with Crippen LogP contribution in [0.3, 0.4) is 0 Å². The Morgan fingerprint density at radius 2 is 1.85 bits per heavy atom. The van der Waals surface area contributed by atoms with Crippen LogP contribution in [0.2, 0.25) is 0 Å². The van der Waals surface area contributed by atoms with Gasteiger partial charge in [0.15, 0.2) is 0 Å². The van der Waals surface area contributed by atoms with E-state index in [1.165, 1.54) is 22.6 Å². The highest BCUT2D eigenvalue weighted by atomic mass is 32.1. The van der Waals surface area contributed by atoms with Crippen LogP contribution in [0.4, 0.5) is 5.00 Å². The van der Waals surface area contributed by atoms with E-state index in [0.29, 0.717) is 10.6 Å². The Bertz CT molecular complexity index is 544. The third-order valence-corrected chi connectivity index (χ3v) is 5.59. The highest BCUT2D eigenvalue weighted by Crippen LogP contribution is 2.39. The predicted molar refractivity (Wildman–Crippen MR) is 80.1 cm³/mol. The Labute approximate surface area is 122 Å². The normalized spacial score (nSPS) is 18.8. The summed E-state index contributed by atoms with van der Waals surface area (Å²) < 4.78 is 0. The minimum atomic E-state index is -0.414. The molecule has 0 spiro atoms. The number of amides is 2. The number of thiophene rings is 1. The summed E-state index contributed by atoms with van der Waals surface area (Å²) in [6, 6.07) is 0. The Balaban J connectivity index is 1.80. The maximum atomic E-state index is 12.3. The van der Waals surface area contributed by atoms with Crippen molar-refractivity contribution >= 4 is 28.2 Å². The van der Waals surface area contributed by atoms with Crippen molar-refractivity contribution in [1.29, 1.82) is 0 Å². The van der Waals surface area contributed by atoms with Crippen LogP contribution < -0.4 is 11.1 Å². The number of hydrogen-bond donors (Lipinski definition) is 2. The van der Waals surface area contributed by atoms with Gasteiger partial charge in [0.25, 0.3) is 5.91 Å². The predicted octanol–water partition coefficient (Wildman–Crippen LogP) is 2.85. The van der Waals surface area contributed by atoms with Gasteiger partial charge in [-0.15, -0.1) is 11.3 Å². The lowest BCUT2D eigenvalue weighted by Gasteiger charge is -2.20. The van der Waals surface area contributed by atoms with Gasteiger partial charge < -0.3 is 11.1 Å². The first kappa shape index (κ1) is 13.6. The number of hydrogen-bond acceptors (Lipinski definition) is 3. The van der Waals surface area contributed by atoms with Crippen LogP contribution in [-0.2, 0) is 17.6 Å². The van der Waals surface area contributed by atoms with Crippen LogP contribution in [0.1, 0.15) is 59.3 Å². The molecule has 3 rings (SSSR count). The van der Waals surface area contributed by atoms with E-state index in [1.54, 1.807) is 0 Å². The number of fused-ring (bicyclic) bond motifs is 1. The molecule has 0 bridgehead atoms. The summed E-state index contributed by atoms with van der Waals surface area (Å²) in [4.78, 5) is 25.2. The Morgan fingerprint density at radius 3 is 2.55 bits per heavy atom. The Morgan fingerprint density at radius 1 is 1.10 bits per heavy atom. The van der Waals surface area contributed by atoms with Crippen LogP contribution in [-0.4, -0.2) is 11.8 Å². The topological polar surface area (TPSA) is 72.2 Å². The van der Waals surface area contributed by atoms with E-state index < -0.39 is 5.91 Å². The van der Waals surface area contributed by atoms with Crippen molar-refractivity contribution < 1.29 is 9.59 Å². The number of aryl methyl sites for hydroxylation is 1. The van der Waals surface area contributed by atoms with Crippen molar-refractivity contribution in [3.05, 3.63) is 16.0 Å². The van der Waals surface area contributed by atoms with Gasteiger partial charge >= 0.3 is 0 Å². The molecule has 0 aliphatic heterocycles. The zero-order chi connectivity index (χ0) is 14.1. The van der Waals surface area contributed by atoms with Crippen molar-refractivity contribution in [2.24, 2.45) is 11.7 Å². The Kier molecular flexibility index (Phi) is 3.78.